The molecule has 1 unspecified atom stereocenters. The molecule has 0 amide bonds. The molecule has 4 heteroatoms. The quantitative estimate of drug-likeness (QED) is 0.614. The van der Waals surface area contributed by atoms with E-state index in [1.165, 1.54) is 0 Å². The Morgan fingerprint density at radius 1 is 1.56 bits per heavy atom. The van der Waals surface area contributed by atoms with Gasteiger partial charge < -0.3 is 15.2 Å². The second kappa shape index (κ2) is 4.99. The number of ether oxygens (including phenoxy) is 2. The maximum atomic E-state index is 11.6. The summed E-state index contributed by atoms with van der Waals surface area (Å²) in [6.45, 7) is 1.19. The fourth-order valence-electron chi connectivity index (χ4n) is 1.70. The van der Waals surface area contributed by atoms with E-state index in [0.717, 1.165) is 12.0 Å². The van der Waals surface area contributed by atoms with E-state index in [1.807, 2.05) is 12.1 Å². The van der Waals surface area contributed by atoms with E-state index in [1.54, 1.807) is 12.1 Å². The van der Waals surface area contributed by atoms with E-state index >= 15 is 0 Å². The van der Waals surface area contributed by atoms with Crippen LogP contribution < -0.4 is 5.73 Å². The predicted octanol–water partition coefficient (Wildman–Crippen LogP) is 1.14. The molecule has 0 aliphatic carbocycles. The summed E-state index contributed by atoms with van der Waals surface area (Å²) in [5, 5.41) is 0. The third-order valence-electron chi connectivity index (χ3n) is 2.49. The van der Waals surface area contributed by atoms with Crippen LogP contribution in [0, 0.1) is 0 Å². The number of rotatable bonds is 3. The molecule has 16 heavy (non-hydrogen) atoms. The number of benzene rings is 1. The van der Waals surface area contributed by atoms with Gasteiger partial charge in [0.1, 0.15) is 6.10 Å². The monoisotopic (exact) mass is 221 g/mol. The number of carbonyl (C=O) groups is 1. The summed E-state index contributed by atoms with van der Waals surface area (Å²) in [5.74, 6) is -0.221. The Morgan fingerprint density at radius 3 is 3.12 bits per heavy atom. The summed E-state index contributed by atoms with van der Waals surface area (Å²) >= 11 is 0. The second-order valence-electron chi connectivity index (χ2n) is 3.90. The van der Waals surface area contributed by atoms with Gasteiger partial charge in [-0.05, 0) is 17.7 Å². The van der Waals surface area contributed by atoms with Crippen LogP contribution in [-0.2, 0) is 20.7 Å². The van der Waals surface area contributed by atoms with Crippen molar-refractivity contribution in [3.8, 4) is 0 Å². The molecule has 1 aliphatic heterocycles. The minimum atomic E-state index is -0.221. The largest absolute Gasteiger partial charge is 0.460 e. The van der Waals surface area contributed by atoms with Gasteiger partial charge in [0.2, 0.25) is 0 Å². The van der Waals surface area contributed by atoms with Gasteiger partial charge in [0, 0.05) is 12.1 Å². The SMILES string of the molecule is Nc1cccc(CC(=O)OC2CCOC2)c1. The zero-order valence-electron chi connectivity index (χ0n) is 9.02. The lowest BCUT2D eigenvalue weighted by molar-refractivity contribution is -0.148. The van der Waals surface area contributed by atoms with Crippen LogP contribution in [0.25, 0.3) is 0 Å². The van der Waals surface area contributed by atoms with Gasteiger partial charge in [-0.15, -0.1) is 0 Å². The van der Waals surface area contributed by atoms with E-state index < -0.39 is 0 Å². The minimum Gasteiger partial charge on any atom is -0.460 e. The lowest BCUT2D eigenvalue weighted by atomic mass is 10.1. The average Bonchev–Trinajstić information content (AvgIpc) is 2.70. The van der Waals surface area contributed by atoms with Gasteiger partial charge in [0.05, 0.1) is 19.6 Å². The number of hydrogen-bond donors (Lipinski definition) is 1. The number of nitrogen functional groups attached to an aromatic ring is 1. The van der Waals surface area contributed by atoms with Gasteiger partial charge in [-0.25, -0.2) is 0 Å². The number of anilines is 1. The van der Waals surface area contributed by atoms with Gasteiger partial charge in [0.25, 0.3) is 0 Å². The Kier molecular flexibility index (Phi) is 3.41. The standard InChI is InChI=1S/C12H15NO3/c13-10-3-1-2-9(6-10)7-12(14)16-11-4-5-15-8-11/h1-3,6,11H,4-5,7-8,13H2. The van der Waals surface area contributed by atoms with Gasteiger partial charge >= 0.3 is 5.97 Å². The van der Waals surface area contributed by atoms with Gasteiger partial charge in [-0.2, -0.15) is 0 Å². The summed E-state index contributed by atoms with van der Waals surface area (Å²) in [7, 11) is 0. The Labute approximate surface area is 94.3 Å². The molecule has 1 saturated heterocycles. The molecule has 0 spiro atoms. The summed E-state index contributed by atoms with van der Waals surface area (Å²) < 4.78 is 10.4. The lowest BCUT2D eigenvalue weighted by Crippen LogP contribution is -2.19. The van der Waals surface area contributed by atoms with Crippen molar-refractivity contribution in [2.24, 2.45) is 0 Å². The highest BCUT2D eigenvalue weighted by Gasteiger charge is 2.19. The van der Waals surface area contributed by atoms with Crippen molar-refractivity contribution in [1.29, 1.82) is 0 Å². The van der Waals surface area contributed by atoms with Crippen LogP contribution >= 0.6 is 0 Å². The van der Waals surface area contributed by atoms with Gasteiger partial charge in [-0.1, -0.05) is 12.1 Å². The first-order valence-corrected chi connectivity index (χ1v) is 5.35. The summed E-state index contributed by atoms with van der Waals surface area (Å²) in [5.41, 5.74) is 7.17. The molecule has 2 N–H and O–H groups in total. The van der Waals surface area contributed by atoms with Crippen LogP contribution in [0.5, 0.6) is 0 Å². The maximum Gasteiger partial charge on any atom is 0.310 e. The lowest BCUT2D eigenvalue weighted by Gasteiger charge is -2.10. The predicted molar refractivity (Wildman–Crippen MR) is 59.9 cm³/mol. The number of esters is 1. The molecule has 1 fully saturated rings. The van der Waals surface area contributed by atoms with E-state index in [4.69, 9.17) is 15.2 Å². The third-order valence-corrected chi connectivity index (χ3v) is 2.49. The fraction of sp³-hybridized carbons (Fsp3) is 0.417. The van der Waals surface area contributed by atoms with Crippen LogP contribution in [0.15, 0.2) is 24.3 Å². The zero-order chi connectivity index (χ0) is 11.4. The smallest absolute Gasteiger partial charge is 0.310 e. The van der Waals surface area contributed by atoms with Crippen molar-refractivity contribution in [1.82, 2.24) is 0 Å². The van der Waals surface area contributed by atoms with Crippen molar-refractivity contribution >= 4 is 11.7 Å². The third kappa shape index (κ3) is 2.97. The van der Waals surface area contributed by atoms with Crippen LogP contribution in [0.4, 0.5) is 5.69 Å². The normalized spacial score (nSPS) is 19.6. The summed E-state index contributed by atoms with van der Waals surface area (Å²) in [6, 6.07) is 7.27. The molecule has 0 aromatic heterocycles. The first-order valence-electron chi connectivity index (χ1n) is 5.35. The van der Waals surface area contributed by atoms with Crippen molar-refractivity contribution in [2.75, 3.05) is 18.9 Å². The molecule has 1 atom stereocenters. The molecule has 0 radical (unpaired) electrons. The number of carbonyl (C=O) groups excluding carboxylic acids is 1. The van der Waals surface area contributed by atoms with E-state index in [2.05, 4.69) is 0 Å². The molecule has 2 rings (SSSR count). The summed E-state index contributed by atoms with van der Waals surface area (Å²) in [6.07, 6.45) is 0.984. The van der Waals surface area contributed by atoms with E-state index in [0.29, 0.717) is 18.9 Å². The van der Waals surface area contributed by atoms with Crippen molar-refractivity contribution in [2.45, 2.75) is 18.9 Å². The molecule has 0 bridgehead atoms. The van der Waals surface area contributed by atoms with Crippen LogP contribution in [0.1, 0.15) is 12.0 Å². The Hall–Kier alpha value is -1.55. The highest BCUT2D eigenvalue weighted by atomic mass is 16.6. The molecule has 4 nitrogen and oxygen atoms in total. The second-order valence-corrected chi connectivity index (χ2v) is 3.90. The summed E-state index contributed by atoms with van der Waals surface area (Å²) in [4.78, 5) is 11.6. The maximum absolute atomic E-state index is 11.6. The van der Waals surface area contributed by atoms with Crippen molar-refractivity contribution in [3.63, 3.8) is 0 Å². The van der Waals surface area contributed by atoms with Crippen LogP contribution in [0.2, 0.25) is 0 Å². The molecule has 1 aromatic carbocycles. The van der Waals surface area contributed by atoms with Crippen molar-refractivity contribution < 1.29 is 14.3 Å². The minimum absolute atomic E-state index is 0.0754. The molecule has 0 saturated carbocycles. The van der Waals surface area contributed by atoms with Gasteiger partial charge in [0.15, 0.2) is 0 Å². The first-order chi connectivity index (χ1) is 7.74. The molecule has 1 aliphatic rings. The highest BCUT2D eigenvalue weighted by Crippen LogP contribution is 2.11. The number of nitrogens with two attached hydrogens (primary N) is 1. The molecule has 86 valence electrons. The first kappa shape index (κ1) is 11.0. The topological polar surface area (TPSA) is 61.6 Å². The van der Waals surface area contributed by atoms with Gasteiger partial charge in [-0.3, -0.25) is 4.79 Å². The fourth-order valence-corrected chi connectivity index (χ4v) is 1.70. The van der Waals surface area contributed by atoms with Crippen molar-refractivity contribution in [3.05, 3.63) is 29.8 Å². The van der Waals surface area contributed by atoms with Crippen LogP contribution in [-0.4, -0.2) is 25.3 Å². The van der Waals surface area contributed by atoms with E-state index in [9.17, 15) is 4.79 Å². The van der Waals surface area contributed by atoms with E-state index in [-0.39, 0.29) is 18.5 Å². The van der Waals surface area contributed by atoms with Crippen LogP contribution in [0.3, 0.4) is 0 Å². The molecule has 1 heterocycles. The Balaban J connectivity index is 1.86. The average molecular weight is 221 g/mol. The Bertz CT molecular complexity index is 372. The molecule has 1 aromatic rings. The highest BCUT2D eigenvalue weighted by molar-refractivity contribution is 5.73. The zero-order valence-corrected chi connectivity index (χ0v) is 9.02. The molecular weight excluding hydrogens is 206 g/mol. The molecular formula is C12H15NO3. The number of hydrogen-bond acceptors (Lipinski definition) is 4. The Morgan fingerprint density at radius 2 is 2.44 bits per heavy atom.